The van der Waals surface area contributed by atoms with Gasteiger partial charge in [0.1, 0.15) is 16.7 Å². The van der Waals surface area contributed by atoms with Gasteiger partial charge in [0.05, 0.1) is 18.5 Å². The molecule has 0 aliphatic rings. The molecule has 0 saturated carbocycles. The number of ether oxygens (including phenoxy) is 2. The van der Waals surface area contributed by atoms with Crippen LogP contribution < -0.4 is 4.74 Å². The molecule has 0 amide bonds. The van der Waals surface area contributed by atoms with E-state index in [1.807, 2.05) is 45.0 Å². The van der Waals surface area contributed by atoms with Crippen LogP contribution in [0, 0.1) is 0 Å². The fourth-order valence-electron chi connectivity index (χ4n) is 1.47. The summed E-state index contributed by atoms with van der Waals surface area (Å²) in [6.07, 6.45) is 3.39. The van der Waals surface area contributed by atoms with Gasteiger partial charge in [-0.3, -0.25) is 0 Å². The van der Waals surface area contributed by atoms with Gasteiger partial charge in [-0.2, -0.15) is 4.40 Å². The Morgan fingerprint density at radius 2 is 1.90 bits per heavy atom. The van der Waals surface area contributed by atoms with Gasteiger partial charge in [0.2, 0.25) is 0 Å². The fourth-order valence-corrected chi connectivity index (χ4v) is 2.02. The highest BCUT2D eigenvalue weighted by Gasteiger charge is 2.17. The quantitative estimate of drug-likeness (QED) is 0.545. The lowest BCUT2D eigenvalue weighted by molar-refractivity contribution is 0.120. The molecule has 0 fully saturated rings. The van der Waals surface area contributed by atoms with Crippen LogP contribution in [0.15, 0.2) is 28.7 Å². The average Bonchev–Trinajstić information content (AvgIpc) is 2.45. The number of benzene rings is 1. The molecule has 4 nitrogen and oxygen atoms in total. The molecule has 0 unspecified atom stereocenters. The predicted octanol–water partition coefficient (Wildman–Crippen LogP) is 3.53. The zero-order chi connectivity index (χ0) is 15.7. The summed E-state index contributed by atoms with van der Waals surface area (Å²) in [6.45, 7) is 7.00. The van der Waals surface area contributed by atoms with Crippen LogP contribution in [0.3, 0.4) is 0 Å². The van der Waals surface area contributed by atoms with Crippen molar-refractivity contribution in [3.8, 4) is 5.75 Å². The summed E-state index contributed by atoms with van der Waals surface area (Å²) in [4.78, 5) is 0. The maximum atomic E-state index is 11.7. The molecule has 118 valence electrons. The van der Waals surface area contributed by atoms with Crippen LogP contribution in [0.2, 0.25) is 0 Å². The van der Waals surface area contributed by atoms with E-state index in [1.165, 1.54) is 0 Å². The molecule has 0 radical (unpaired) electrons. The summed E-state index contributed by atoms with van der Waals surface area (Å²) in [6, 6.07) is 7.83. The lowest BCUT2D eigenvalue weighted by Crippen LogP contribution is -2.19. The number of rotatable bonds is 8. The SMILES string of the molecule is COc1ccc(COCCC/C=N/[S@](=O)C(C)(C)C)cc1. The highest BCUT2D eigenvalue weighted by Crippen LogP contribution is 2.13. The van der Waals surface area contributed by atoms with Crippen molar-refractivity contribution in [1.82, 2.24) is 0 Å². The minimum atomic E-state index is -1.16. The smallest absolute Gasteiger partial charge is 0.144 e. The molecule has 1 aromatic carbocycles. The van der Waals surface area contributed by atoms with Crippen molar-refractivity contribution in [2.24, 2.45) is 4.40 Å². The maximum Gasteiger partial charge on any atom is 0.144 e. The molecule has 0 spiro atoms. The van der Waals surface area contributed by atoms with Crippen LogP contribution >= 0.6 is 0 Å². The molecule has 5 heteroatoms. The Balaban J connectivity index is 2.14. The number of methoxy groups -OCH3 is 1. The van der Waals surface area contributed by atoms with Gasteiger partial charge < -0.3 is 9.47 Å². The molecule has 21 heavy (non-hydrogen) atoms. The third kappa shape index (κ3) is 7.39. The number of hydrogen-bond donors (Lipinski definition) is 0. The monoisotopic (exact) mass is 311 g/mol. The summed E-state index contributed by atoms with van der Waals surface area (Å²) in [5.74, 6) is 0.849. The second kappa shape index (κ2) is 8.95. The number of nitrogens with zero attached hydrogens (tertiary/aromatic N) is 1. The summed E-state index contributed by atoms with van der Waals surface area (Å²) in [7, 11) is 0.492. The van der Waals surface area contributed by atoms with Crippen molar-refractivity contribution in [1.29, 1.82) is 0 Å². The highest BCUT2D eigenvalue weighted by atomic mass is 32.2. The zero-order valence-electron chi connectivity index (χ0n) is 13.3. The fraction of sp³-hybridized carbons (Fsp3) is 0.562. The molecule has 0 aromatic heterocycles. The first-order chi connectivity index (χ1) is 9.93. The summed E-state index contributed by atoms with van der Waals surface area (Å²) >= 11 is 0. The van der Waals surface area contributed by atoms with Crippen LogP contribution in [0.1, 0.15) is 39.2 Å². The van der Waals surface area contributed by atoms with Crippen LogP contribution in [0.25, 0.3) is 0 Å². The Kier molecular flexibility index (Phi) is 7.61. The molecule has 1 rings (SSSR count). The van der Waals surface area contributed by atoms with E-state index in [-0.39, 0.29) is 4.75 Å². The van der Waals surface area contributed by atoms with Gasteiger partial charge in [-0.15, -0.1) is 0 Å². The number of hydrogen-bond acceptors (Lipinski definition) is 3. The second-order valence-corrected chi connectivity index (χ2v) is 7.63. The molecule has 0 bridgehead atoms. The normalized spacial score (nSPS) is 13.5. The summed E-state index contributed by atoms with van der Waals surface area (Å²) in [5, 5.41) is 0. The molecule has 0 saturated heterocycles. The van der Waals surface area contributed by atoms with E-state index in [4.69, 9.17) is 9.47 Å². The lowest BCUT2D eigenvalue weighted by Gasteiger charge is -2.12. The summed E-state index contributed by atoms with van der Waals surface area (Å²) in [5.41, 5.74) is 1.12. The Labute approximate surface area is 130 Å². The topological polar surface area (TPSA) is 47.9 Å². The first-order valence-electron chi connectivity index (χ1n) is 7.08. The van der Waals surface area contributed by atoms with Gasteiger partial charge in [0.15, 0.2) is 0 Å². The van der Waals surface area contributed by atoms with Gasteiger partial charge in [-0.1, -0.05) is 12.1 Å². The van der Waals surface area contributed by atoms with Crippen molar-refractivity contribution < 1.29 is 13.7 Å². The molecule has 0 aliphatic heterocycles. The Bertz CT molecular complexity index is 463. The Hall–Kier alpha value is -1.20. The first kappa shape index (κ1) is 17.9. The summed E-state index contributed by atoms with van der Waals surface area (Å²) < 4.78 is 26.1. The van der Waals surface area contributed by atoms with E-state index < -0.39 is 11.0 Å². The standard InChI is InChI=1S/C16H25NO3S/c1-16(2,3)21(18)17-11-5-6-12-20-13-14-7-9-15(19-4)10-8-14/h7-11H,5-6,12-13H2,1-4H3/b17-11+/t21-/m1/s1. The molecule has 0 N–H and O–H groups in total. The third-order valence-corrected chi connectivity index (χ3v) is 4.13. The number of unbranched alkanes of at least 4 members (excludes halogenated alkanes) is 1. The van der Waals surface area contributed by atoms with Gasteiger partial charge in [-0.05, 0) is 51.3 Å². The van der Waals surface area contributed by atoms with E-state index in [2.05, 4.69) is 4.40 Å². The van der Waals surface area contributed by atoms with Crippen molar-refractivity contribution in [3.63, 3.8) is 0 Å². The molecule has 0 heterocycles. The maximum absolute atomic E-state index is 11.7. The van der Waals surface area contributed by atoms with Crippen molar-refractivity contribution in [3.05, 3.63) is 29.8 Å². The second-order valence-electron chi connectivity index (χ2n) is 5.69. The largest absolute Gasteiger partial charge is 0.497 e. The lowest BCUT2D eigenvalue weighted by atomic mass is 10.2. The van der Waals surface area contributed by atoms with E-state index in [0.717, 1.165) is 24.2 Å². The van der Waals surface area contributed by atoms with Crippen LogP contribution in [-0.2, 0) is 22.3 Å². The van der Waals surface area contributed by atoms with Crippen LogP contribution in [0.4, 0.5) is 0 Å². The van der Waals surface area contributed by atoms with E-state index in [0.29, 0.717) is 13.2 Å². The zero-order valence-corrected chi connectivity index (χ0v) is 14.1. The van der Waals surface area contributed by atoms with Gasteiger partial charge in [0.25, 0.3) is 0 Å². The highest BCUT2D eigenvalue weighted by molar-refractivity contribution is 7.85. The molecular formula is C16H25NO3S. The minimum absolute atomic E-state index is 0.290. The average molecular weight is 311 g/mol. The van der Waals surface area contributed by atoms with E-state index in [9.17, 15) is 4.21 Å². The van der Waals surface area contributed by atoms with E-state index >= 15 is 0 Å². The minimum Gasteiger partial charge on any atom is -0.497 e. The van der Waals surface area contributed by atoms with Crippen LogP contribution in [-0.4, -0.2) is 28.9 Å². The molecule has 1 aromatic rings. The predicted molar refractivity (Wildman–Crippen MR) is 88.3 cm³/mol. The molecular weight excluding hydrogens is 286 g/mol. The van der Waals surface area contributed by atoms with Crippen molar-refractivity contribution >= 4 is 17.2 Å². The first-order valence-corrected chi connectivity index (χ1v) is 8.19. The Morgan fingerprint density at radius 1 is 1.24 bits per heavy atom. The van der Waals surface area contributed by atoms with Gasteiger partial charge >= 0.3 is 0 Å². The third-order valence-electron chi connectivity index (χ3n) is 2.74. The Morgan fingerprint density at radius 3 is 2.48 bits per heavy atom. The van der Waals surface area contributed by atoms with Crippen molar-refractivity contribution in [2.45, 2.75) is 45.0 Å². The molecule has 1 atom stereocenters. The molecule has 0 aliphatic carbocycles. The van der Waals surface area contributed by atoms with Crippen LogP contribution in [0.5, 0.6) is 5.75 Å². The van der Waals surface area contributed by atoms with Crippen molar-refractivity contribution in [2.75, 3.05) is 13.7 Å². The van der Waals surface area contributed by atoms with Gasteiger partial charge in [0, 0.05) is 12.8 Å². The van der Waals surface area contributed by atoms with E-state index in [1.54, 1.807) is 13.3 Å². The van der Waals surface area contributed by atoms with Gasteiger partial charge in [-0.25, -0.2) is 4.21 Å².